The van der Waals surface area contributed by atoms with Crippen LogP contribution in [0.2, 0.25) is 0 Å². The third kappa shape index (κ3) is 11.6. The number of nitrogens with zero attached hydrogens (tertiary/aromatic N) is 9. The molecule has 0 spiro atoms. The first-order valence-electron chi connectivity index (χ1n) is 29.3. The largest absolute Gasteiger partial charge is 0.508 e. The summed E-state index contributed by atoms with van der Waals surface area (Å²) in [6.07, 6.45) is 14.1. The topological polar surface area (TPSA) is 198 Å². The molecule has 5 aliphatic heterocycles. The molecule has 12 rings (SSSR count). The fourth-order valence-electron chi connectivity index (χ4n) is 13.5. The number of benzene rings is 3. The van der Waals surface area contributed by atoms with Gasteiger partial charge in [-0.2, -0.15) is 9.97 Å². The van der Waals surface area contributed by atoms with Crippen LogP contribution in [-0.2, 0) is 9.59 Å². The van der Waals surface area contributed by atoms with Crippen LogP contribution in [0, 0.1) is 48.7 Å². The number of anilines is 2. The first-order valence-corrected chi connectivity index (χ1v) is 30.2. The molecule has 1 unspecified atom stereocenters. The van der Waals surface area contributed by atoms with E-state index in [2.05, 4.69) is 51.4 Å². The van der Waals surface area contributed by atoms with E-state index in [9.17, 15) is 19.8 Å². The molecule has 17 nitrogen and oxygen atoms in total. The molecule has 5 aliphatic rings. The average molecular weight is 1150 g/mol. The SMILES string of the molecule is C#Cc1c(F)ccc2cc(O)cc(-c3ncc4c(N5C[C@H]6CC[C@@H](C5)N6)nc(OCCN5CCC(CC6CCN(c7cc(C(C(=O)N8C[C@H](O)C[C@H]8C(=O)N[C@@H](C)c8ccc(-c9scnc9C)cc8)C(C)C)on7)CC6)CC5)nc4c3F)c12. The van der Waals surface area contributed by atoms with Crippen molar-refractivity contribution in [2.75, 3.05) is 68.8 Å². The van der Waals surface area contributed by atoms with Crippen LogP contribution in [0.3, 0.4) is 0 Å². The Morgan fingerprint density at radius 1 is 0.928 bits per heavy atom. The monoisotopic (exact) mass is 1150 g/mol. The number of pyridine rings is 1. The number of phenols is 1. The summed E-state index contributed by atoms with van der Waals surface area (Å²) in [5, 5.41) is 33.9. The highest BCUT2D eigenvalue weighted by Gasteiger charge is 2.44. The van der Waals surface area contributed by atoms with Crippen molar-refractivity contribution >= 4 is 56.5 Å². The first-order chi connectivity index (χ1) is 40.2. The number of terminal acetylenes is 1. The molecule has 5 fully saturated rings. The molecule has 3 aromatic carbocycles. The summed E-state index contributed by atoms with van der Waals surface area (Å²) in [5.74, 6) is 2.38. The standard InChI is InChI=1S/C63H71F2N11O6S/c1-6-47-50(64)14-11-42-26-45(77)27-48(55(42)47)57-56(65)58-49(30-66-57)60(75-31-43-12-13-44(32-75)69-43)71-63(70-58)81-24-23-73-19-15-38(16-20-73)25-39-17-21-74(22-18-39)53-29-52(82-72-53)54(35(2)3)62(80)76-33-46(78)28-51(76)61(79)68-36(4)40-7-9-41(10-8-40)59-37(5)67-34-83-59/h1,7-11,14,26-27,29-30,34-36,38-39,43-44,46,51,54,69,77-78H,12-13,15-25,28,31-33H2,2-5H3,(H,68,79)/t36-,43-,44+,46+,51-,54?/m0/s1. The van der Waals surface area contributed by atoms with Gasteiger partial charge in [-0.3, -0.25) is 19.5 Å². The van der Waals surface area contributed by atoms with Crippen molar-refractivity contribution in [3.63, 3.8) is 0 Å². The fraction of sp³-hybridized carbons (Fsp3) is 0.476. The Hall–Kier alpha value is -7.31. The zero-order valence-electron chi connectivity index (χ0n) is 47.4. The molecule has 4 N–H and O–H groups in total. The molecular formula is C63H71F2N11O6S. The Morgan fingerprint density at radius 2 is 1.66 bits per heavy atom. The predicted octanol–water partition coefficient (Wildman–Crippen LogP) is 9.15. The van der Waals surface area contributed by atoms with Gasteiger partial charge in [-0.25, -0.2) is 13.8 Å². The zero-order valence-corrected chi connectivity index (χ0v) is 48.2. The zero-order chi connectivity index (χ0) is 57.6. The lowest BCUT2D eigenvalue weighted by molar-refractivity contribution is -0.141. The molecule has 5 saturated heterocycles. The normalized spacial score (nSPS) is 21.5. The Labute approximate surface area is 485 Å². The minimum absolute atomic E-state index is 0.0181. The Bertz CT molecular complexity index is 3560. The number of hydrogen-bond acceptors (Lipinski definition) is 16. The molecule has 20 heteroatoms. The second kappa shape index (κ2) is 23.7. The number of aliphatic hydroxyl groups excluding tert-OH is 1. The van der Waals surface area contributed by atoms with Crippen LogP contribution in [0.25, 0.3) is 43.4 Å². The van der Waals surface area contributed by atoms with E-state index in [4.69, 9.17) is 20.7 Å². The molecule has 83 heavy (non-hydrogen) atoms. The van der Waals surface area contributed by atoms with Gasteiger partial charge in [0.1, 0.15) is 47.2 Å². The number of nitrogens with one attached hydrogen (secondary N) is 2. The van der Waals surface area contributed by atoms with Gasteiger partial charge in [-0.15, -0.1) is 17.8 Å². The summed E-state index contributed by atoms with van der Waals surface area (Å²) in [6.45, 7) is 13.8. The van der Waals surface area contributed by atoms with E-state index < -0.39 is 29.7 Å². The van der Waals surface area contributed by atoms with Gasteiger partial charge in [0.2, 0.25) is 11.8 Å². The molecule has 0 radical (unpaired) electrons. The molecule has 2 amide bonds. The molecule has 0 saturated carbocycles. The van der Waals surface area contributed by atoms with Gasteiger partial charge in [-0.1, -0.05) is 55.3 Å². The van der Waals surface area contributed by atoms with Crippen LogP contribution in [0.5, 0.6) is 11.8 Å². The van der Waals surface area contributed by atoms with Crippen LogP contribution >= 0.6 is 11.3 Å². The summed E-state index contributed by atoms with van der Waals surface area (Å²) in [5.41, 5.74) is 4.82. The summed E-state index contributed by atoms with van der Waals surface area (Å²) in [4.78, 5) is 56.2. The molecule has 0 aliphatic carbocycles. The van der Waals surface area contributed by atoms with E-state index in [1.165, 1.54) is 29.2 Å². The van der Waals surface area contributed by atoms with Crippen molar-refractivity contribution in [2.45, 2.75) is 115 Å². The van der Waals surface area contributed by atoms with Gasteiger partial charge >= 0.3 is 6.01 Å². The maximum Gasteiger partial charge on any atom is 0.319 e. The number of rotatable bonds is 16. The van der Waals surface area contributed by atoms with Crippen LogP contribution in [0.15, 0.2) is 70.8 Å². The summed E-state index contributed by atoms with van der Waals surface area (Å²) < 4.78 is 44.4. The van der Waals surface area contributed by atoms with Gasteiger partial charge in [0.05, 0.1) is 39.2 Å². The number of aryl methyl sites for hydroxylation is 1. The summed E-state index contributed by atoms with van der Waals surface area (Å²) in [7, 11) is 0. The van der Waals surface area contributed by atoms with Crippen molar-refractivity contribution in [2.24, 2.45) is 17.8 Å². The molecule has 9 heterocycles. The number of amides is 2. The van der Waals surface area contributed by atoms with Crippen molar-refractivity contribution < 1.29 is 37.8 Å². The number of phenolic OH excluding ortho intramolecular Hbond substituents is 1. The second-order valence-electron chi connectivity index (χ2n) is 23.8. The number of carbonyl (C=O) groups excluding carboxylic acids is 2. The molecule has 434 valence electrons. The molecule has 2 bridgehead atoms. The molecular weight excluding hydrogens is 1080 g/mol. The number of likely N-dealkylation sites (tertiary alicyclic amines) is 2. The van der Waals surface area contributed by atoms with Gasteiger partial charge in [0.15, 0.2) is 17.4 Å². The third-order valence-corrected chi connectivity index (χ3v) is 18.9. The number of carbonyl (C=O) groups is 2. The number of ether oxygens (including phenoxy) is 1. The van der Waals surface area contributed by atoms with Crippen LogP contribution in [-0.4, -0.2) is 140 Å². The predicted molar refractivity (Wildman–Crippen MR) is 315 cm³/mol. The number of thiazole rings is 1. The van der Waals surface area contributed by atoms with Crippen molar-refractivity contribution in [3.05, 3.63) is 101 Å². The van der Waals surface area contributed by atoms with E-state index in [0.29, 0.717) is 66.2 Å². The number of aliphatic hydroxyl groups is 1. The van der Waals surface area contributed by atoms with Crippen LogP contribution < -0.4 is 25.2 Å². The number of fused-ring (bicyclic) bond motifs is 4. The number of aromatic hydroxyl groups is 1. The van der Waals surface area contributed by atoms with Gasteiger partial charge < -0.3 is 44.8 Å². The molecule has 4 aromatic heterocycles. The highest BCUT2D eigenvalue weighted by Crippen LogP contribution is 2.41. The van der Waals surface area contributed by atoms with Crippen molar-refractivity contribution in [1.29, 1.82) is 0 Å². The van der Waals surface area contributed by atoms with Gasteiger partial charge in [0.25, 0.3) is 0 Å². The van der Waals surface area contributed by atoms with E-state index in [-0.39, 0.29) is 88.3 Å². The quantitative estimate of drug-likeness (QED) is 0.0668. The highest BCUT2D eigenvalue weighted by molar-refractivity contribution is 7.13. The number of piperazine rings is 1. The summed E-state index contributed by atoms with van der Waals surface area (Å²) >= 11 is 1.59. The van der Waals surface area contributed by atoms with E-state index in [1.807, 2.05) is 63.5 Å². The van der Waals surface area contributed by atoms with Crippen molar-refractivity contribution in [3.8, 4) is 45.8 Å². The Kier molecular flexibility index (Phi) is 16.1. The minimum Gasteiger partial charge on any atom is -0.508 e. The Morgan fingerprint density at radius 3 is 2.36 bits per heavy atom. The molecule has 7 aromatic rings. The fourth-order valence-corrected chi connectivity index (χ4v) is 14.3. The van der Waals surface area contributed by atoms with Crippen LogP contribution in [0.1, 0.15) is 107 Å². The van der Waals surface area contributed by atoms with Gasteiger partial charge in [-0.05, 0) is 124 Å². The second-order valence-corrected chi connectivity index (χ2v) is 24.7. The minimum atomic E-state index is -0.824. The number of halogens is 2. The third-order valence-electron chi connectivity index (χ3n) is 18.0. The number of aromatic nitrogens is 5. The number of piperidine rings is 2. The highest BCUT2D eigenvalue weighted by atomic mass is 32.1. The lowest BCUT2D eigenvalue weighted by Gasteiger charge is -2.36. The van der Waals surface area contributed by atoms with Crippen LogP contribution in [0.4, 0.5) is 20.4 Å². The maximum absolute atomic E-state index is 17.1. The lowest BCUT2D eigenvalue weighted by atomic mass is 9.83. The first kappa shape index (κ1) is 56.2. The van der Waals surface area contributed by atoms with E-state index in [1.54, 1.807) is 17.5 Å². The number of hydrogen-bond donors (Lipinski definition) is 4. The molecule has 6 atom stereocenters. The smallest absolute Gasteiger partial charge is 0.319 e. The van der Waals surface area contributed by atoms with E-state index >= 15 is 8.78 Å². The lowest BCUT2D eigenvalue weighted by Crippen LogP contribution is -2.51. The van der Waals surface area contributed by atoms with Crippen molar-refractivity contribution in [1.82, 2.24) is 45.5 Å². The van der Waals surface area contributed by atoms with E-state index in [0.717, 1.165) is 92.8 Å². The average Bonchev–Trinajstić information content (AvgIpc) is 4.31. The summed E-state index contributed by atoms with van der Waals surface area (Å²) in [6, 6.07) is 15.0. The number of β-amino-alcohol motifs (C(OH)–C–C–N with tert-alkyl or cyclic N) is 1. The van der Waals surface area contributed by atoms with Gasteiger partial charge in [0, 0.05) is 81.0 Å². The maximum atomic E-state index is 17.1. The Balaban J connectivity index is 0.638.